The van der Waals surface area contributed by atoms with Crippen LogP contribution in [0.15, 0.2) is 16.9 Å². The summed E-state index contributed by atoms with van der Waals surface area (Å²) in [4.78, 5) is 22.6. The number of carbonyl (C=O) groups is 1. The molecule has 148 valence electrons. The number of anilines is 2. The Balaban J connectivity index is 1.94. The smallest absolute Gasteiger partial charge is 0.253 e. The summed E-state index contributed by atoms with van der Waals surface area (Å²) in [6, 6.07) is 0.449. The number of carbonyl (C=O) groups excluding carboxylic acids is 1. The normalized spacial score (nSPS) is 18.9. The molecule has 2 atom stereocenters. The number of nitrogens with one attached hydrogen (secondary N) is 3. The first-order valence-corrected chi connectivity index (χ1v) is 10.2. The van der Waals surface area contributed by atoms with Gasteiger partial charge in [-0.25, -0.2) is 4.98 Å². The summed E-state index contributed by atoms with van der Waals surface area (Å²) in [5, 5.41) is 7.30. The van der Waals surface area contributed by atoms with E-state index in [0.29, 0.717) is 6.04 Å². The lowest BCUT2D eigenvalue weighted by Crippen LogP contribution is -2.44. The van der Waals surface area contributed by atoms with E-state index in [1.807, 2.05) is 27.1 Å². The van der Waals surface area contributed by atoms with E-state index in [0.717, 1.165) is 46.4 Å². The lowest BCUT2D eigenvalue weighted by atomic mass is 10.0. The number of halogens is 1. The molecule has 0 radical (unpaired) electrons. The average molecular weight is 438 g/mol. The molecule has 8 heteroatoms. The fraction of sp³-hybridized carbons (Fsp3) is 0.579. The molecule has 0 saturated carbocycles. The van der Waals surface area contributed by atoms with Gasteiger partial charge in [0, 0.05) is 31.5 Å². The van der Waals surface area contributed by atoms with Crippen LogP contribution in [0.2, 0.25) is 0 Å². The van der Waals surface area contributed by atoms with Crippen molar-refractivity contribution in [1.82, 2.24) is 15.3 Å². The largest absolute Gasteiger partial charge is 0.368 e. The first kappa shape index (κ1) is 20.1. The zero-order valence-electron chi connectivity index (χ0n) is 16.3. The van der Waals surface area contributed by atoms with Gasteiger partial charge in [0.15, 0.2) is 0 Å². The van der Waals surface area contributed by atoms with Crippen LogP contribution in [-0.4, -0.2) is 54.3 Å². The molecule has 1 fully saturated rings. The lowest BCUT2D eigenvalue weighted by Gasteiger charge is -2.35. The molecule has 1 amide bonds. The van der Waals surface area contributed by atoms with Crippen LogP contribution >= 0.6 is 15.9 Å². The molecule has 7 nitrogen and oxygen atoms in total. The van der Waals surface area contributed by atoms with Crippen molar-refractivity contribution < 1.29 is 9.53 Å². The minimum Gasteiger partial charge on any atom is -0.368 e. The Morgan fingerprint density at radius 3 is 2.93 bits per heavy atom. The summed E-state index contributed by atoms with van der Waals surface area (Å²) < 4.78 is 6.53. The molecular formula is C19H28BrN5O2. The number of piperidine rings is 1. The zero-order valence-corrected chi connectivity index (χ0v) is 17.9. The number of fused-ring (bicyclic) bond motifs is 1. The summed E-state index contributed by atoms with van der Waals surface area (Å²) in [5.74, 6) is -0.165. The summed E-state index contributed by atoms with van der Waals surface area (Å²) in [5.41, 5.74) is 2.55. The van der Waals surface area contributed by atoms with Crippen molar-refractivity contribution >= 4 is 44.2 Å². The van der Waals surface area contributed by atoms with Crippen molar-refractivity contribution in [3.63, 3.8) is 0 Å². The Bertz CT molecular complexity index is 807. The van der Waals surface area contributed by atoms with E-state index in [-0.39, 0.29) is 12.0 Å². The predicted octanol–water partition coefficient (Wildman–Crippen LogP) is 3.27. The number of hydrogen-bond acceptors (Lipinski definition) is 5. The maximum Gasteiger partial charge on any atom is 0.253 e. The van der Waals surface area contributed by atoms with Gasteiger partial charge < -0.3 is 25.3 Å². The quantitative estimate of drug-likeness (QED) is 0.645. The average Bonchev–Trinajstić information content (AvgIpc) is 3.04. The van der Waals surface area contributed by atoms with Crippen molar-refractivity contribution in [3.8, 4) is 0 Å². The molecule has 0 spiro atoms. The maximum atomic E-state index is 12.6. The second kappa shape index (κ2) is 8.58. The Labute approximate surface area is 168 Å². The molecule has 0 bridgehead atoms. The molecule has 2 aromatic heterocycles. The Hall–Kier alpha value is -1.64. The molecule has 3 heterocycles. The minimum atomic E-state index is -0.526. The van der Waals surface area contributed by atoms with Gasteiger partial charge in [0.2, 0.25) is 0 Å². The van der Waals surface area contributed by atoms with Crippen LogP contribution in [0.3, 0.4) is 0 Å². The van der Waals surface area contributed by atoms with Gasteiger partial charge in [-0.3, -0.25) is 4.79 Å². The third-order valence-electron chi connectivity index (χ3n) is 4.88. The predicted molar refractivity (Wildman–Crippen MR) is 112 cm³/mol. The zero-order chi connectivity index (χ0) is 19.6. The van der Waals surface area contributed by atoms with Crippen LogP contribution in [0.5, 0.6) is 0 Å². The number of aromatic amines is 1. The van der Waals surface area contributed by atoms with Gasteiger partial charge in [0.05, 0.1) is 27.3 Å². The number of nitrogens with zero attached hydrogens (tertiary/aromatic N) is 2. The van der Waals surface area contributed by atoms with E-state index in [2.05, 4.69) is 41.4 Å². The standard InChI is InChI=1S/C19H28BrN5O2/c1-11(2)27-12(3)19(26)24-15-9-23-18-16(15)17(14(20)8-22-18)25-7-5-6-13(10-25)21-4/h8-9,11-13,21H,5-7,10H2,1-4H3,(H,22,23)(H,24,26). The fourth-order valence-corrected chi connectivity index (χ4v) is 4.14. The number of rotatable bonds is 6. The van der Waals surface area contributed by atoms with E-state index < -0.39 is 6.10 Å². The van der Waals surface area contributed by atoms with Gasteiger partial charge in [0.25, 0.3) is 5.91 Å². The van der Waals surface area contributed by atoms with Crippen LogP contribution < -0.4 is 15.5 Å². The van der Waals surface area contributed by atoms with Crippen molar-refractivity contribution in [2.45, 2.75) is 51.9 Å². The molecule has 1 aliphatic rings. The molecule has 0 aromatic carbocycles. The first-order chi connectivity index (χ1) is 12.9. The van der Waals surface area contributed by atoms with Crippen molar-refractivity contribution in [1.29, 1.82) is 0 Å². The van der Waals surface area contributed by atoms with E-state index >= 15 is 0 Å². The first-order valence-electron chi connectivity index (χ1n) is 9.44. The van der Waals surface area contributed by atoms with Crippen molar-refractivity contribution in [2.24, 2.45) is 0 Å². The third-order valence-corrected chi connectivity index (χ3v) is 5.46. The number of likely N-dealkylation sites (N-methyl/N-ethyl adjacent to an activating group) is 1. The summed E-state index contributed by atoms with van der Waals surface area (Å²) in [6.45, 7) is 7.49. The van der Waals surface area contributed by atoms with Gasteiger partial charge in [-0.05, 0) is 56.6 Å². The van der Waals surface area contributed by atoms with Crippen LogP contribution in [0, 0.1) is 0 Å². The van der Waals surface area contributed by atoms with Gasteiger partial charge >= 0.3 is 0 Å². The molecule has 27 heavy (non-hydrogen) atoms. The summed E-state index contributed by atoms with van der Waals surface area (Å²) >= 11 is 3.67. The number of H-pyrrole nitrogens is 1. The van der Waals surface area contributed by atoms with Crippen LogP contribution in [0.4, 0.5) is 11.4 Å². The van der Waals surface area contributed by atoms with Gasteiger partial charge in [-0.1, -0.05) is 0 Å². The third kappa shape index (κ3) is 4.44. The monoisotopic (exact) mass is 437 g/mol. The molecule has 0 aliphatic carbocycles. The molecular weight excluding hydrogens is 410 g/mol. The van der Waals surface area contributed by atoms with E-state index in [4.69, 9.17) is 4.74 Å². The van der Waals surface area contributed by atoms with Gasteiger partial charge in [-0.15, -0.1) is 0 Å². The summed E-state index contributed by atoms with van der Waals surface area (Å²) in [7, 11) is 2.00. The van der Waals surface area contributed by atoms with E-state index in [1.54, 1.807) is 13.1 Å². The van der Waals surface area contributed by atoms with Crippen LogP contribution in [0.1, 0.15) is 33.6 Å². The highest BCUT2D eigenvalue weighted by molar-refractivity contribution is 9.10. The highest BCUT2D eigenvalue weighted by Gasteiger charge is 2.25. The maximum absolute atomic E-state index is 12.6. The highest BCUT2D eigenvalue weighted by Crippen LogP contribution is 2.39. The highest BCUT2D eigenvalue weighted by atomic mass is 79.9. The van der Waals surface area contributed by atoms with Gasteiger partial charge in [-0.2, -0.15) is 0 Å². The van der Waals surface area contributed by atoms with Gasteiger partial charge in [0.1, 0.15) is 11.8 Å². The Morgan fingerprint density at radius 1 is 1.44 bits per heavy atom. The topological polar surface area (TPSA) is 82.3 Å². The molecule has 3 rings (SSSR count). The lowest BCUT2D eigenvalue weighted by molar-refractivity contribution is -0.128. The molecule has 2 unspecified atom stereocenters. The number of hydrogen-bond donors (Lipinski definition) is 3. The second-order valence-corrected chi connectivity index (χ2v) is 8.13. The minimum absolute atomic E-state index is 0.00748. The molecule has 1 saturated heterocycles. The van der Waals surface area contributed by atoms with E-state index in [1.165, 1.54) is 6.42 Å². The van der Waals surface area contributed by atoms with Crippen molar-refractivity contribution in [3.05, 3.63) is 16.9 Å². The van der Waals surface area contributed by atoms with E-state index in [9.17, 15) is 4.79 Å². The number of amides is 1. The number of aromatic nitrogens is 2. The Kier molecular flexibility index (Phi) is 6.39. The second-order valence-electron chi connectivity index (χ2n) is 7.27. The molecule has 3 N–H and O–H groups in total. The van der Waals surface area contributed by atoms with Crippen molar-refractivity contribution in [2.75, 3.05) is 30.4 Å². The number of pyridine rings is 1. The Morgan fingerprint density at radius 2 is 2.22 bits per heavy atom. The van der Waals surface area contributed by atoms with Crippen LogP contribution in [0.25, 0.3) is 11.0 Å². The fourth-order valence-electron chi connectivity index (χ4n) is 3.58. The summed E-state index contributed by atoms with van der Waals surface area (Å²) in [6.07, 6.45) is 5.36. The molecule has 1 aliphatic heterocycles. The SMILES string of the molecule is CNC1CCCN(c2c(Br)cnc3[nH]cc(NC(=O)C(C)OC(C)C)c23)C1. The van der Waals surface area contributed by atoms with Crippen LogP contribution in [-0.2, 0) is 9.53 Å². The molecule has 2 aromatic rings. The number of ether oxygens (including phenoxy) is 1.